The number of aromatic nitrogens is 3. The molecule has 4 N–H and O–H groups in total. The molecule has 0 aromatic carbocycles. The Morgan fingerprint density at radius 1 is 1.14 bits per heavy atom. The number of rotatable bonds is 11. The van der Waals surface area contributed by atoms with E-state index in [-0.39, 0.29) is 12.1 Å². The maximum absolute atomic E-state index is 12.2. The number of nitrogens with one attached hydrogen (secondary N) is 4. The van der Waals surface area contributed by atoms with Gasteiger partial charge in [0.15, 0.2) is 5.13 Å². The number of thiazole rings is 1. The smallest absolute Gasteiger partial charge is 0.315 e. The third kappa shape index (κ3) is 8.32. The van der Waals surface area contributed by atoms with E-state index in [1.807, 2.05) is 40.2 Å². The summed E-state index contributed by atoms with van der Waals surface area (Å²) in [6, 6.07) is 2.25. The molecule has 0 spiro atoms. The zero-order valence-electron chi connectivity index (χ0n) is 21.6. The molecule has 0 aliphatic heterocycles. The lowest BCUT2D eigenvalue weighted by atomic mass is 9.94. The second kappa shape index (κ2) is 12.6. The normalized spacial score (nSPS) is 13.6. The third-order valence-corrected chi connectivity index (χ3v) is 6.13. The third-order valence-electron chi connectivity index (χ3n) is 5.17. The van der Waals surface area contributed by atoms with Crippen LogP contribution in [0, 0.1) is 0 Å². The fourth-order valence-corrected chi connectivity index (χ4v) is 4.49. The highest BCUT2D eigenvalue weighted by molar-refractivity contribution is 7.18. The number of urea groups is 1. The van der Waals surface area contributed by atoms with E-state index in [1.165, 1.54) is 0 Å². The molecule has 0 bridgehead atoms. The molecular weight excluding hydrogens is 460 g/mol. The minimum absolute atomic E-state index is 0.0834. The quantitative estimate of drug-likeness (QED) is 0.368. The maximum Gasteiger partial charge on any atom is 0.315 e. The van der Waals surface area contributed by atoms with Gasteiger partial charge in [-0.05, 0) is 71.8 Å². The number of hydrogen-bond acceptors (Lipinski definition) is 8. The molecule has 0 fully saturated rings. The molecule has 0 saturated heterocycles. The zero-order chi connectivity index (χ0) is 25.4. The molecule has 0 unspecified atom stereocenters. The van der Waals surface area contributed by atoms with Crippen LogP contribution in [0.5, 0.6) is 0 Å². The molecule has 2 aromatic rings. The fourth-order valence-electron chi connectivity index (χ4n) is 3.57. The summed E-state index contributed by atoms with van der Waals surface area (Å²) >= 11 is 1.58. The Labute approximate surface area is 212 Å². The molecule has 2 aromatic heterocycles. The SMILES string of the molecule is CC(C)NC(=O)NCC1=C(c2cc(-c3cnc(NC(C)C)s3)nc(NCCN(C)C)n2)CCC=C1. The van der Waals surface area contributed by atoms with Crippen LogP contribution >= 0.6 is 11.3 Å². The highest BCUT2D eigenvalue weighted by Crippen LogP contribution is 2.33. The van der Waals surface area contributed by atoms with Gasteiger partial charge in [0.1, 0.15) is 0 Å². The van der Waals surface area contributed by atoms with E-state index in [0.717, 1.165) is 58.5 Å². The van der Waals surface area contributed by atoms with Crippen molar-refractivity contribution in [3.63, 3.8) is 0 Å². The number of carbonyl (C=O) groups is 1. The molecule has 3 rings (SSSR count). The van der Waals surface area contributed by atoms with Crippen LogP contribution in [-0.2, 0) is 0 Å². The number of hydrogen-bond donors (Lipinski definition) is 4. The second-order valence-electron chi connectivity index (χ2n) is 9.45. The molecule has 2 amide bonds. The van der Waals surface area contributed by atoms with Crippen LogP contribution in [0.3, 0.4) is 0 Å². The number of amides is 2. The van der Waals surface area contributed by atoms with Crippen molar-refractivity contribution in [2.45, 2.75) is 52.6 Å². The summed E-state index contributed by atoms with van der Waals surface area (Å²) in [4.78, 5) is 29.5. The van der Waals surface area contributed by atoms with E-state index in [2.05, 4.69) is 57.2 Å². The molecule has 1 aliphatic carbocycles. The lowest BCUT2D eigenvalue weighted by Crippen LogP contribution is -2.40. The molecular formula is C25H38N8OS. The largest absolute Gasteiger partial charge is 0.359 e. The van der Waals surface area contributed by atoms with Crippen LogP contribution in [0.4, 0.5) is 15.9 Å². The molecule has 0 saturated carbocycles. The van der Waals surface area contributed by atoms with Gasteiger partial charge in [0.25, 0.3) is 0 Å². The van der Waals surface area contributed by atoms with Crippen molar-refractivity contribution in [3.05, 3.63) is 35.7 Å². The highest BCUT2D eigenvalue weighted by Gasteiger charge is 2.17. The van der Waals surface area contributed by atoms with E-state index in [1.54, 1.807) is 11.3 Å². The molecule has 0 atom stereocenters. The minimum Gasteiger partial charge on any atom is -0.359 e. The Balaban J connectivity index is 1.93. The van der Waals surface area contributed by atoms with E-state index < -0.39 is 0 Å². The average molecular weight is 499 g/mol. The molecule has 10 heteroatoms. The Hall–Kier alpha value is -2.98. The van der Waals surface area contributed by atoms with Gasteiger partial charge in [-0.3, -0.25) is 0 Å². The first-order valence-corrected chi connectivity index (χ1v) is 13.0. The average Bonchev–Trinajstić information content (AvgIpc) is 3.25. The van der Waals surface area contributed by atoms with E-state index >= 15 is 0 Å². The van der Waals surface area contributed by atoms with Gasteiger partial charge < -0.3 is 26.2 Å². The number of allylic oxidation sites excluding steroid dienone is 2. The number of likely N-dealkylation sites (N-methyl/N-ethyl adjacent to an activating group) is 1. The summed E-state index contributed by atoms with van der Waals surface area (Å²) < 4.78 is 0. The molecule has 9 nitrogen and oxygen atoms in total. The maximum atomic E-state index is 12.2. The first kappa shape index (κ1) is 26.6. The Bertz CT molecular complexity index is 1060. The summed E-state index contributed by atoms with van der Waals surface area (Å²) in [5, 5.41) is 13.5. The van der Waals surface area contributed by atoms with Crippen molar-refractivity contribution >= 4 is 34.0 Å². The lowest BCUT2D eigenvalue weighted by molar-refractivity contribution is 0.239. The van der Waals surface area contributed by atoms with Crippen LogP contribution < -0.4 is 21.3 Å². The summed E-state index contributed by atoms with van der Waals surface area (Å²) in [5.41, 5.74) is 3.90. The van der Waals surface area contributed by atoms with E-state index in [0.29, 0.717) is 18.5 Å². The summed E-state index contributed by atoms with van der Waals surface area (Å²) in [5.74, 6) is 0.595. The minimum atomic E-state index is -0.171. The van der Waals surface area contributed by atoms with Crippen molar-refractivity contribution in [1.29, 1.82) is 0 Å². The van der Waals surface area contributed by atoms with E-state index in [4.69, 9.17) is 9.97 Å². The number of carbonyl (C=O) groups excluding carboxylic acids is 1. The molecule has 1 aliphatic rings. The van der Waals surface area contributed by atoms with Crippen LogP contribution in [0.25, 0.3) is 16.1 Å². The van der Waals surface area contributed by atoms with Crippen molar-refractivity contribution in [2.75, 3.05) is 44.4 Å². The molecule has 0 radical (unpaired) electrons. The predicted octanol–water partition coefficient (Wildman–Crippen LogP) is 4.21. The van der Waals surface area contributed by atoms with Crippen LogP contribution in [0.2, 0.25) is 0 Å². The Kier molecular flexibility index (Phi) is 9.62. The first-order valence-electron chi connectivity index (χ1n) is 12.1. The summed E-state index contributed by atoms with van der Waals surface area (Å²) in [6.45, 7) is 10.1. The van der Waals surface area contributed by atoms with Gasteiger partial charge >= 0.3 is 6.03 Å². The monoisotopic (exact) mass is 498 g/mol. The Morgan fingerprint density at radius 3 is 2.63 bits per heavy atom. The van der Waals surface area contributed by atoms with Gasteiger partial charge in [0, 0.05) is 37.9 Å². The lowest BCUT2D eigenvalue weighted by Gasteiger charge is -2.19. The molecule has 35 heavy (non-hydrogen) atoms. The van der Waals surface area contributed by atoms with Crippen LogP contribution in [-0.4, -0.2) is 71.7 Å². The van der Waals surface area contributed by atoms with E-state index in [9.17, 15) is 4.79 Å². The van der Waals surface area contributed by atoms with Gasteiger partial charge in [-0.15, -0.1) is 0 Å². The molecule has 190 valence electrons. The van der Waals surface area contributed by atoms with Gasteiger partial charge in [-0.1, -0.05) is 23.5 Å². The van der Waals surface area contributed by atoms with Gasteiger partial charge in [-0.25, -0.2) is 19.7 Å². The van der Waals surface area contributed by atoms with Crippen LogP contribution in [0.1, 0.15) is 46.2 Å². The highest BCUT2D eigenvalue weighted by atomic mass is 32.1. The van der Waals surface area contributed by atoms with Crippen LogP contribution in [0.15, 0.2) is 30.0 Å². The fraction of sp³-hybridized carbons (Fsp3) is 0.520. The van der Waals surface area contributed by atoms with Gasteiger partial charge in [0.05, 0.1) is 16.3 Å². The summed E-state index contributed by atoms with van der Waals surface area (Å²) in [7, 11) is 4.08. The topological polar surface area (TPSA) is 107 Å². The number of anilines is 2. The van der Waals surface area contributed by atoms with Gasteiger partial charge in [0.2, 0.25) is 5.95 Å². The summed E-state index contributed by atoms with van der Waals surface area (Å²) in [6.07, 6.45) is 7.89. The standard InChI is InChI=1S/C25H38N8OS/c1-16(2)29-24(34)27-14-18-9-7-8-10-19(18)20-13-21(22-15-28-25(35-22)30-17(3)4)32-23(31-20)26-11-12-33(5)6/h7,9,13,15-17H,8,10-12,14H2,1-6H3,(H,28,30)(H,26,31,32)(H2,27,29,34). The Morgan fingerprint density at radius 2 is 1.91 bits per heavy atom. The van der Waals surface area contributed by atoms with Gasteiger partial charge in [-0.2, -0.15) is 0 Å². The van der Waals surface area contributed by atoms with Crippen molar-refractivity contribution in [3.8, 4) is 10.6 Å². The van der Waals surface area contributed by atoms with Crippen molar-refractivity contribution < 1.29 is 4.79 Å². The van der Waals surface area contributed by atoms with Crippen molar-refractivity contribution in [1.82, 2.24) is 30.5 Å². The second-order valence-corrected chi connectivity index (χ2v) is 10.5. The number of nitrogens with zero attached hydrogens (tertiary/aromatic N) is 4. The zero-order valence-corrected chi connectivity index (χ0v) is 22.4. The molecule has 2 heterocycles. The van der Waals surface area contributed by atoms with Crippen molar-refractivity contribution in [2.24, 2.45) is 0 Å². The first-order chi connectivity index (χ1) is 16.7. The predicted molar refractivity (Wildman–Crippen MR) is 146 cm³/mol.